The van der Waals surface area contributed by atoms with Gasteiger partial charge in [0.05, 0.1) is 25.3 Å². The number of aromatic nitrogens is 1. The molecule has 0 aliphatic carbocycles. The molecule has 0 saturated carbocycles. The van der Waals surface area contributed by atoms with E-state index < -0.39 is 0 Å². The predicted molar refractivity (Wildman–Crippen MR) is 125 cm³/mol. The Labute approximate surface area is 189 Å². The third kappa shape index (κ3) is 4.75. The van der Waals surface area contributed by atoms with Crippen molar-refractivity contribution in [3.05, 3.63) is 46.2 Å². The topological polar surface area (TPSA) is 72.8 Å². The molecule has 7 nitrogen and oxygen atoms in total. The number of piperidine rings is 1. The highest BCUT2D eigenvalue weighted by molar-refractivity contribution is 5.97. The molecule has 0 radical (unpaired) electrons. The van der Waals surface area contributed by atoms with Crippen molar-refractivity contribution in [2.75, 3.05) is 33.5 Å². The fourth-order valence-electron chi connectivity index (χ4n) is 5.40. The van der Waals surface area contributed by atoms with E-state index in [9.17, 15) is 9.59 Å². The summed E-state index contributed by atoms with van der Waals surface area (Å²) in [6.45, 7) is 6.82. The quantitative estimate of drug-likeness (QED) is 0.606. The molecule has 174 valence electrons. The molecule has 2 unspecified atom stereocenters. The lowest BCUT2D eigenvalue weighted by Crippen LogP contribution is -2.51. The highest BCUT2D eigenvalue weighted by Crippen LogP contribution is 2.35. The van der Waals surface area contributed by atoms with E-state index in [1.54, 1.807) is 17.7 Å². The van der Waals surface area contributed by atoms with Crippen LogP contribution >= 0.6 is 0 Å². The van der Waals surface area contributed by atoms with Crippen molar-refractivity contribution in [2.45, 2.75) is 63.7 Å². The maximum atomic E-state index is 13.2. The van der Waals surface area contributed by atoms with Crippen LogP contribution in [0.15, 0.2) is 35.1 Å². The van der Waals surface area contributed by atoms with E-state index >= 15 is 0 Å². The average molecular weight is 442 g/mol. The van der Waals surface area contributed by atoms with Crippen molar-refractivity contribution in [1.82, 2.24) is 14.8 Å². The van der Waals surface area contributed by atoms with Crippen LogP contribution in [0.2, 0.25) is 0 Å². The lowest BCUT2D eigenvalue weighted by atomic mass is 9.97. The van der Waals surface area contributed by atoms with E-state index in [-0.39, 0.29) is 29.1 Å². The summed E-state index contributed by atoms with van der Waals surface area (Å²) < 4.78 is 12.4. The van der Waals surface area contributed by atoms with Crippen molar-refractivity contribution in [3.63, 3.8) is 0 Å². The first-order valence-corrected chi connectivity index (χ1v) is 11.8. The molecule has 2 aliphatic heterocycles. The monoisotopic (exact) mass is 441 g/mol. The fraction of sp³-hybridized carbons (Fsp3) is 0.600. The second-order valence-electron chi connectivity index (χ2n) is 9.26. The summed E-state index contributed by atoms with van der Waals surface area (Å²) in [5, 5.41) is 4.10. The van der Waals surface area contributed by atoms with Gasteiger partial charge in [-0.1, -0.05) is 18.2 Å². The van der Waals surface area contributed by atoms with E-state index in [4.69, 9.17) is 9.47 Å². The summed E-state index contributed by atoms with van der Waals surface area (Å²) in [5.74, 6) is -0.254. The maximum Gasteiger partial charge on any atom is 0.264 e. The third-order valence-electron chi connectivity index (χ3n) is 6.85. The Hall–Kier alpha value is -2.22. The molecule has 1 amide bonds. The second kappa shape index (κ2) is 10.1. The van der Waals surface area contributed by atoms with Crippen LogP contribution in [-0.2, 0) is 9.47 Å². The van der Waals surface area contributed by atoms with Gasteiger partial charge in [-0.2, -0.15) is 0 Å². The molecule has 2 aliphatic rings. The summed E-state index contributed by atoms with van der Waals surface area (Å²) in [5.41, 5.74) is 0.881. The highest BCUT2D eigenvalue weighted by Gasteiger charge is 2.40. The second-order valence-corrected chi connectivity index (χ2v) is 9.26. The number of amides is 1. The lowest BCUT2D eigenvalue weighted by molar-refractivity contribution is 0.0352. The fourth-order valence-corrected chi connectivity index (χ4v) is 5.40. The van der Waals surface area contributed by atoms with Gasteiger partial charge in [0.15, 0.2) is 0 Å². The minimum Gasteiger partial charge on any atom is -0.382 e. The zero-order valence-electron chi connectivity index (χ0n) is 19.4. The summed E-state index contributed by atoms with van der Waals surface area (Å²) in [6.07, 6.45) is 4.16. The van der Waals surface area contributed by atoms with Crippen molar-refractivity contribution >= 4 is 16.8 Å². The lowest BCUT2D eigenvalue weighted by Gasteiger charge is -2.39. The molecule has 2 saturated heterocycles. The largest absolute Gasteiger partial charge is 0.382 e. The molecule has 2 aromatic rings. The first kappa shape index (κ1) is 23.0. The number of rotatable bonds is 9. The third-order valence-corrected chi connectivity index (χ3v) is 6.85. The molecule has 0 spiro atoms. The summed E-state index contributed by atoms with van der Waals surface area (Å²) in [4.78, 5) is 28.9. The smallest absolute Gasteiger partial charge is 0.264 e. The summed E-state index contributed by atoms with van der Waals surface area (Å²) in [7, 11) is 1.68. The Morgan fingerprint density at radius 1 is 1.12 bits per heavy atom. The minimum absolute atomic E-state index is 0.0228. The zero-order chi connectivity index (χ0) is 22.7. The molecule has 7 heteroatoms. The van der Waals surface area contributed by atoms with Gasteiger partial charge in [0.2, 0.25) is 0 Å². The van der Waals surface area contributed by atoms with Crippen LogP contribution in [0.25, 0.3) is 10.9 Å². The van der Waals surface area contributed by atoms with Gasteiger partial charge in [-0.15, -0.1) is 0 Å². The molecule has 1 N–H and O–H groups in total. The van der Waals surface area contributed by atoms with Gasteiger partial charge in [0.1, 0.15) is 5.56 Å². The van der Waals surface area contributed by atoms with Crippen LogP contribution in [0.3, 0.4) is 0 Å². The van der Waals surface area contributed by atoms with Crippen molar-refractivity contribution < 1.29 is 14.3 Å². The van der Waals surface area contributed by atoms with Gasteiger partial charge < -0.3 is 19.4 Å². The number of pyridine rings is 1. The van der Waals surface area contributed by atoms with Crippen LogP contribution in [0, 0.1) is 0 Å². The van der Waals surface area contributed by atoms with Gasteiger partial charge in [-0.3, -0.25) is 14.5 Å². The summed E-state index contributed by atoms with van der Waals surface area (Å²) in [6, 6.07) is 10.5. The van der Waals surface area contributed by atoms with E-state index in [2.05, 4.69) is 10.2 Å². The van der Waals surface area contributed by atoms with Crippen molar-refractivity contribution in [2.24, 2.45) is 0 Å². The first-order chi connectivity index (χ1) is 15.5. The van der Waals surface area contributed by atoms with Crippen LogP contribution in [0.4, 0.5) is 0 Å². The van der Waals surface area contributed by atoms with E-state index in [1.807, 2.05) is 38.1 Å². The Kier molecular flexibility index (Phi) is 7.28. The SMILES string of the molecule is COCCOCCN1C2CCC1CC(NC(=O)c1cc3ccccc3n(C(C)C)c1=O)C2. The Bertz CT molecular complexity index is 988. The van der Waals surface area contributed by atoms with E-state index in [0.29, 0.717) is 31.9 Å². The maximum absolute atomic E-state index is 13.2. The van der Waals surface area contributed by atoms with Crippen LogP contribution in [0.1, 0.15) is 55.9 Å². The summed E-state index contributed by atoms with van der Waals surface area (Å²) >= 11 is 0. The number of ether oxygens (including phenoxy) is 2. The van der Waals surface area contributed by atoms with Crippen LogP contribution < -0.4 is 10.9 Å². The number of hydrogen-bond donors (Lipinski definition) is 1. The number of para-hydroxylation sites is 1. The first-order valence-electron chi connectivity index (χ1n) is 11.8. The van der Waals surface area contributed by atoms with Crippen molar-refractivity contribution in [1.29, 1.82) is 0 Å². The van der Waals surface area contributed by atoms with E-state index in [1.165, 1.54) is 0 Å². The van der Waals surface area contributed by atoms with Gasteiger partial charge in [-0.05, 0) is 57.0 Å². The Morgan fingerprint density at radius 3 is 2.53 bits per heavy atom. The Morgan fingerprint density at radius 2 is 1.84 bits per heavy atom. The van der Waals surface area contributed by atoms with Gasteiger partial charge >= 0.3 is 0 Å². The molecule has 1 aromatic heterocycles. The minimum atomic E-state index is -0.254. The number of carbonyl (C=O) groups is 1. The predicted octanol–water partition coefficient (Wildman–Crippen LogP) is 2.97. The standard InChI is InChI=1S/C25H35N3O4/c1-17(2)28-23-7-5-4-6-18(23)14-22(25(28)30)24(29)26-19-15-20-8-9-21(16-19)27(20)10-11-32-13-12-31-3/h4-7,14,17,19-21H,8-13,15-16H2,1-3H3,(H,26,29). The molecule has 1 aromatic carbocycles. The number of hydrogen-bond acceptors (Lipinski definition) is 5. The number of fused-ring (bicyclic) bond motifs is 3. The molecule has 3 heterocycles. The Balaban J connectivity index is 1.43. The number of methoxy groups -OCH3 is 1. The zero-order valence-corrected chi connectivity index (χ0v) is 19.4. The van der Waals surface area contributed by atoms with Crippen LogP contribution in [0.5, 0.6) is 0 Å². The van der Waals surface area contributed by atoms with Gasteiger partial charge in [0, 0.05) is 37.8 Å². The normalized spacial score (nSPS) is 23.2. The molecule has 32 heavy (non-hydrogen) atoms. The highest BCUT2D eigenvalue weighted by atomic mass is 16.5. The van der Waals surface area contributed by atoms with Crippen LogP contribution in [-0.4, -0.2) is 67.0 Å². The average Bonchev–Trinajstić information content (AvgIpc) is 3.00. The number of nitrogens with zero attached hydrogens (tertiary/aromatic N) is 2. The molecule has 2 fully saturated rings. The van der Waals surface area contributed by atoms with Gasteiger partial charge in [-0.25, -0.2) is 0 Å². The molecule has 2 bridgehead atoms. The number of benzene rings is 1. The van der Waals surface area contributed by atoms with E-state index in [0.717, 1.165) is 43.1 Å². The molecular weight excluding hydrogens is 406 g/mol. The molecule has 4 rings (SSSR count). The molecular formula is C25H35N3O4. The van der Waals surface area contributed by atoms with Crippen molar-refractivity contribution in [3.8, 4) is 0 Å². The van der Waals surface area contributed by atoms with Gasteiger partial charge in [0.25, 0.3) is 11.5 Å². The molecule has 2 atom stereocenters. The number of nitrogens with one attached hydrogen (secondary N) is 1. The number of carbonyl (C=O) groups excluding carboxylic acids is 1.